The van der Waals surface area contributed by atoms with Crippen LogP contribution in [0.1, 0.15) is 38.6 Å². The van der Waals surface area contributed by atoms with Crippen molar-refractivity contribution in [2.45, 2.75) is 50.9 Å². The molecule has 0 aromatic carbocycles. The molecule has 104 valence electrons. The molecule has 0 unspecified atom stereocenters. The molecule has 6 heteroatoms. The number of amides is 1. The number of ether oxygens (including phenoxy) is 1. The first-order valence-corrected chi connectivity index (χ1v) is 7.04. The number of hydrogen-bond donors (Lipinski definition) is 0. The van der Waals surface area contributed by atoms with Crippen LogP contribution in [0.25, 0.3) is 0 Å². The molecule has 2 saturated heterocycles. The van der Waals surface area contributed by atoms with Gasteiger partial charge in [0.1, 0.15) is 6.10 Å². The minimum atomic E-state index is -0.210. The highest BCUT2D eigenvalue weighted by Gasteiger charge is 2.33. The molecule has 6 nitrogen and oxygen atoms in total. The van der Waals surface area contributed by atoms with Gasteiger partial charge in [-0.15, -0.1) is 5.10 Å². The Balaban J connectivity index is 1.54. The molecule has 0 N–H and O–H groups in total. The highest BCUT2D eigenvalue weighted by atomic mass is 16.5. The maximum atomic E-state index is 12.3. The number of nitrogens with zero attached hydrogens (tertiary/aromatic N) is 4. The third-order valence-corrected chi connectivity index (χ3v) is 4.10. The summed E-state index contributed by atoms with van der Waals surface area (Å²) in [6.07, 6.45) is 7.35. The zero-order valence-electron chi connectivity index (χ0n) is 11.2. The van der Waals surface area contributed by atoms with Crippen molar-refractivity contribution in [1.29, 1.82) is 0 Å². The fourth-order valence-electron chi connectivity index (χ4n) is 2.95. The van der Waals surface area contributed by atoms with Crippen LogP contribution >= 0.6 is 0 Å². The lowest BCUT2D eigenvalue weighted by molar-refractivity contribution is -0.144. The Bertz CT molecular complexity index is 426. The van der Waals surface area contributed by atoms with E-state index in [-0.39, 0.29) is 18.1 Å². The lowest BCUT2D eigenvalue weighted by Crippen LogP contribution is -2.44. The molecule has 2 aliphatic rings. The van der Waals surface area contributed by atoms with E-state index < -0.39 is 0 Å². The average molecular weight is 264 g/mol. The third-order valence-electron chi connectivity index (χ3n) is 4.10. The molecule has 3 rings (SSSR count). The van der Waals surface area contributed by atoms with Gasteiger partial charge in [0.05, 0.1) is 18.3 Å². The second-order valence-corrected chi connectivity index (χ2v) is 5.45. The normalized spacial score (nSPS) is 28.8. The zero-order chi connectivity index (χ0) is 13.2. The second kappa shape index (κ2) is 5.28. The number of carbonyl (C=O) groups excluding carboxylic acids is 1. The van der Waals surface area contributed by atoms with E-state index in [4.69, 9.17) is 4.74 Å². The van der Waals surface area contributed by atoms with Crippen molar-refractivity contribution >= 4 is 5.91 Å². The minimum absolute atomic E-state index is 0.168. The van der Waals surface area contributed by atoms with Gasteiger partial charge in [-0.25, -0.2) is 4.68 Å². The van der Waals surface area contributed by atoms with Crippen LogP contribution < -0.4 is 0 Å². The average Bonchev–Trinajstić information content (AvgIpc) is 3.09. The summed E-state index contributed by atoms with van der Waals surface area (Å²) in [5.74, 6) is 0.168. The molecule has 2 atom stereocenters. The van der Waals surface area contributed by atoms with E-state index >= 15 is 0 Å². The summed E-state index contributed by atoms with van der Waals surface area (Å²) >= 11 is 0. The van der Waals surface area contributed by atoms with Crippen molar-refractivity contribution in [3.63, 3.8) is 0 Å². The molecule has 0 spiro atoms. The quantitative estimate of drug-likeness (QED) is 0.800. The zero-order valence-corrected chi connectivity index (χ0v) is 11.2. The first kappa shape index (κ1) is 12.6. The summed E-state index contributed by atoms with van der Waals surface area (Å²) < 4.78 is 7.56. The molecule has 2 fully saturated rings. The molecule has 3 heterocycles. The van der Waals surface area contributed by atoms with E-state index in [9.17, 15) is 4.79 Å². The number of rotatable bonds is 2. The fourth-order valence-corrected chi connectivity index (χ4v) is 2.95. The Morgan fingerprint density at radius 3 is 2.63 bits per heavy atom. The Kier molecular flexibility index (Phi) is 3.50. The molecule has 1 aromatic rings. The van der Waals surface area contributed by atoms with Crippen molar-refractivity contribution < 1.29 is 9.53 Å². The number of hydrogen-bond acceptors (Lipinski definition) is 4. The van der Waals surface area contributed by atoms with Gasteiger partial charge in [-0.2, -0.15) is 0 Å². The van der Waals surface area contributed by atoms with Gasteiger partial charge >= 0.3 is 0 Å². The van der Waals surface area contributed by atoms with Crippen LogP contribution in [-0.2, 0) is 9.53 Å². The first-order chi connectivity index (χ1) is 9.24. The van der Waals surface area contributed by atoms with E-state index in [2.05, 4.69) is 10.3 Å². The van der Waals surface area contributed by atoms with E-state index in [1.807, 2.05) is 22.7 Å². The van der Waals surface area contributed by atoms with Crippen molar-refractivity contribution in [2.24, 2.45) is 0 Å². The van der Waals surface area contributed by atoms with Gasteiger partial charge in [0.15, 0.2) is 0 Å². The van der Waals surface area contributed by atoms with Crippen molar-refractivity contribution in [2.75, 3.05) is 13.1 Å². The second-order valence-electron chi connectivity index (χ2n) is 5.45. The predicted octanol–water partition coefficient (Wildman–Crippen LogP) is 1.01. The summed E-state index contributed by atoms with van der Waals surface area (Å²) in [5.41, 5.74) is 0. The molecular weight excluding hydrogens is 244 g/mol. The maximum Gasteiger partial charge on any atom is 0.251 e. The van der Waals surface area contributed by atoms with Gasteiger partial charge < -0.3 is 9.64 Å². The Hall–Kier alpha value is -1.43. The Morgan fingerprint density at radius 2 is 2.05 bits per heavy atom. The van der Waals surface area contributed by atoms with E-state index in [1.165, 1.54) is 0 Å². The Labute approximate surface area is 112 Å². The third kappa shape index (κ3) is 2.63. The van der Waals surface area contributed by atoms with Crippen LogP contribution in [0.5, 0.6) is 0 Å². The number of carbonyl (C=O) groups is 1. The molecule has 2 aliphatic heterocycles. The van der Waals surface area contributed by atoms with Gasteiger partial charge in [-0.05, 0) is 32.6 Å². The molecule has 0 radical (unpaired) electrons. The summed E-state index contributed by atoms with van der Waals surface area (Å²) in [6.45, 7) is 3.61. The largest absolute Gasteiger partial charge is 0.365 e. The van der Waals surface area contributed by atoms with Crippen LogP contribution in [0, 0.1) is 0 Å². The highest BCUT2D eigenvalue weighted by molar-refractivity contribution is 5.81. The van der Waals surface area contributed by atoms with Gasteiger partial charge in [-0.1, -0.05) is 5.21 Å². The molecule has 0 bridgehead atoms. The summed E-state index contributed by atoms with van der Waals surface area (Å²) in [4.78, 5) is 14.2. The summed E-state index contributed by atoms with van der Waals surface area (Å²) in [5, 5.41) is 7.87. The van der Waals surface area contributed by atoms with Gasteiger partial charge in [0.25, 0.3) is 5.91 Å². The summed E-state index contributed by atoms with van der Waals surface area (Å²) in [6, 6.07) is 0.370. The molecule has 0 saturated carbocycles. The van der Waals surface area contributed by atoms with Crippen molar-refractivity contribution in [1.82, 2.24) is 19.9 Å². The first-order valence-electron chi connectivity index (χ1n) is 7.04. The lowest BCUT2D eigenvalue weighted by atomic mass is 10.0. The van der Waals surface area contributed by atoms with Gasteiger partial charge in [-0.3, -0.25) is 4.79 Å². The SMILES string of the molecule is C[C@H]1CC[C@H](C(=O)N2CCC(n3ccnn3)CC2)O1. The smallest absolute Gasteiger partial charge is 0.251 e. The standard InChI is InChI=1S/C13H20N4O2/c1-10-2-3-12(19-10)13(18)16-7-4-11(5-8-16)17-9-6-14-15-17/h6,9-12H,2-5,7-8H2,1H3/t10-,12+/m0/s1. The fraction of sp³-hybridized carbons (Fsp3) is 0.769. The molecule has 19 heavy (non-hydrogen) atoms. The topological polar surface area (TPSA) is 60.2 Å². The van der Waals surface area contributed by atoms with Gasteiger partial charge in [0, 0.05) is 19.3 Å². The molecular formula is C13H20N4O2. The summed E-state index contributed by atoms with van der Waals surface area (Å²) in [7, 11) is 0. The predicted molar refractivity (Wildman–Crippen MR) is 68.4 cm³/mol. The van der Waals surface area contributed by atoms with Crippen LogP contribution in [0.15, 0.2) is 12.4 Å². The number of aromatic nitrogens is 3. The van der Waals surface area contributed by atoms with Crippen LogP contribution in [0.3, 0.4) is 0 Å². The number of piperidine rings is 1. The van der Waals surface area contributed by atoms with E-state index in [0.29, 0.717) is 6.04 Å². The molecule has 0 aliphatic carbocycles. The van der Waals surface area contributed by atoms with Crippen LogP contribution in [0.2, 0.25) is 0 Å². The molecule has 1 amide bonds. The maximum absolute atomic E-state index is 12.3. The monoisotopic (exact) mass is 264 g/mol. The minimum Gasteiger partial charge on any atom is -0.365 e. The van der Waals surface area contributed by atoms with Crippen molar-refractivity contribution in [3.05, 3.63) is 12.4 Å². The highest BCUT2D eigenvalue weighted by Crippen LogP contribution is 2.25. The lowest BCUT2D eigenvalue weighted by Gasteiger charge is -2.33. The Morgan fingerprint density at radius 1 is 1.26 bits per heavy atom. The van der Waals surface area contributed by atoms with Crippen LogP contribution in [-0.4, -0.2) is 51.1 Å². The number of likely N-dealkylation sites (tertiary alicyclic amines) is 1. The van der Waals surface area contributed by atoms with Crippen LogP contribution in [0.4, 0.5) is 0 Å². The van der Waals surface area contributed by atoms with Gasteiger partial charge in [0.2, 0.25) is 0 Å². The van der Waals surface area contributed by atoms with Crippen molar-refractivity contribution in [3.8, 4) is 0 Å². The molecule has 1 aromatic heterocycles. The van der Waals surface area contributed by atoms with E-state index in [1.54, 1.807) is 6.20 Å². The van der Waals surface area contributed by atoms with E-state index in [0.717, 1.165) is 38.8 Å².